The van der Waals surface area contributed by atoms with E-state index in [0.717, 1.165) is 5.56 Å². The Morgan fingerprint density at radius 3 is 2.66 bits per heavy atom. The minimum absolute atomic E-state index is 0.182. The van der Waals surface area contributed by atoms with Crippen LogP contribution < -0.4 is 5.32 Å². The second kappa shape index (κ2) is 8.72. The lowest BCUT2D eigenvalue weighted by atomic mass is 10.2. The van der Waals surface area contributed by atoms with Gasteiger partial charge in [0, 0.05) is 32.0 Å². The first-order valence-corrected chi connectivity index (χ1v) is 9.40. The molecule has 0 unspecified atom stereocenters. The van der Waals surface area contributed by atoms with E-state index in [1.807, 2.05) is 30.3 Å². The maximum Gasteiger partial charge on any atom is 0.407 e. The zero-order valence-corrected chi connectivity index (χ0v) is 16.8. The third-order valence-corrected chi connectivity index (χ3v) is 4.09. The van der Waals surface area contributed by atoms with E-state index >= 15 is 0 Å². The van der Waals surface area contributed by atoms with Crippen LogP contribution >= 0.6 is 0 Å². The third-order valence-electron chi connectivity index (χ3n) is 4.09. The van der Waals surface area contributed by atoms with Crippen molar-refractivity contribution >= 4 is 17.6 Å². The van der Waals surface area contributed by atoms with Crippen LogP contribution in [0.2, 0.25) is 0 Å². The second-order valence-electron chi connectivity index (χ2n) is 7.59. The molecule has 0 saturated carbocycles. The molecule has 29 heavy (non-hydrogen) atoms. The predicted molar refractivity (Wildman–Crippen MR) is 108 cm³/mol. The highest BCUT2D eigenvalue weighted by atomic mass is 16.6. The quantitative estimate of drug-likeness (QED) is 0.693. The lowest BCUT2D eigenvalue weighted by Crippen LogP contribution is -2.40. The Bertz CT molecular complexity index is 979. The van der Waals surface area contributed by atoms with Crippen molar-refractivity contribution in [3.8, 4) is 0 Å². The number of imidazole rings is 1. The monoisotopic (exact) mass is 395 g/mol. The number of alkyl carbamates (subject to hydrolysis) is 1. The average Bonchev–Trinajstić information content (AvgIpc) is 3.10. The number of carbonyl (C=O) groups excluding carboxylic acids is 2. The third kappa shape index (κ3) is 5.54. The topological polar surface area (TPSA) is 88.8 Å². The zero-order valence-electron chi connectivity index (χ0n) is 16.8. The summed E-state index contributed by atoms with van der Waals surface area (Å²) in [4.78, 5) is 35.1. The second-order valence-corrected chi connectivity index (χ2v) is 7.59. The van der Waals surface area contributed by atoms with Crippen molar-refractivity contribution in [2.24, 2.45) is 0 Å². The Morgan fingerprint density at radius 1 is 1.17 bits per heavy atom. The SMILES string of the molecule is CC(C)(C)OC(=O)NCCN(Cc1ccccc1)C(=O)c1cnc2cnccn12. The molecule has 3 aromatic rings. The molecule has 0 spiro atoms. The number of fused-ring (bicyclic) bond motifs is 1. The lowest BCUT2D eigenvalue weighted by molar-refractivity contribution is 0.0512. The fraction of sp³-hybridized carbons (Fsp3) is 0.333. The minimum atomic E-state index is -0.575. The summed E-state index contributed by atoms with van der Waals surface area (Å²) in [7, 11) is 0. The molecule has 0 bridgehead atoms. The van der Waals surface area contributed by atoms with E-state index in [4.69, 9.17) is 4.74 Å². The normalized spacial score (nSPS) is 11.3. The fourth-order valence-corrected chi connectivity index (χ4v) is 2.83. The molecule has 0 fully saturated rings. The molecule has 0 saturated heterocycles. The van der Waals surface area contributed by atoms with Gasteiger partial charge in [0.1, 0.15) is 11.3 Å². The predicted octanol–water partition coefficient (Wildman–Crippen LogP) is 2.90. The molecule has 2 amide bonds. The van der Waals surface area contributed by atoms with E-state index in [1.54, 1.807) is 54.9 Å². The van der Waals surface area contributed by atoms with Crippen molar-refractivity contribution in [2.45, 2.75) is 32.9 Å². The minimum Gasteiger partial charge on any atom is -0.444 e. The van der Waals surface area contributed by atoms with E-state index in [0.29, 0.717) is 24.4 Å². The number of ether oxygens (including phenoxy) is 1. The first-order chi connectivity index (χ1) is 13.8. The summed E-state index contributed by atoms with van der Waals surface area (Å²) in [6.45, 7) is 6.41. The molecule has 0 aliphatic heterocycles. The number of aromatic nitrogens is 3. The van der Waals surface area contributed by atoms with Gasteiger partial charge in [-0.25, -0.2) is 9.78 Å². The van der Waals surface area contributed by atoms with Crippen LogP contribution in [0.4, 0.5) is 4.79 Å². The van der Waals surface area contributed by atoms with Gasteiger partial charge in [0.2, 0.25) is 0 Å². The zero-order chi connectivity index (χ0) is 20.9. The maximum atomic E-state index is 13.2. The van der Waals surface area contributed by atoms with Crippen LogP contribution in [0.1, 0.15) is 36.8 Å². The summed E-state index contributed by atoms with van der Waals surface area (Å²) in [5.41, 5.74) is 1.46. The highest BCUT2D eigenvalue weighted by Gasteiger charge is 2.21. The number of hydrogen-bond donors (Lipinski definition) is 1. The van der Waals surface area contributed by atoms with Crippen LogP contribution in [-0.2, 0) is 11.3 Å². The Kier molecular flexibility index (Phi) is 6.11. The van der Waals surface area contributed by atoms with Gasteiger partial charge in [-0.05, 0) is 26.3 Å². The lowest BCUT2D eigenvalue weighted by Gasteiger charge is -2.24. The number of rotatable bonds is 6. The van der Waals surface area contributed by atoms with Crippen molar-refractivity contribution in [2.75, 3.05) is 13.1 Å². The Hall–Kier alpha value is -3.42. The van der Waals surface area contributed by atoms with Gasteiger partial charge >= 0.3 is 6.09 Å². The van der Waals surface area contributed by atoms with Gasteiger partial charge < -0.3 is 15.0 Å². The largest absolute Gasteiger partial charge is 0.444 e. The van der Waals surface area contributed by atoms with Gasteiger partial charge in [0.25, 0.3) is 5.91 Å². The van der Waals surface area contributed by atoms with E-state index < -0.39 is 11.7 Å². The molecular formula is C21H25N5O3. The van der Waals surface area contributed by atoms with Gasteiger partial charge in [-0.15, -0.1) is 0 Å². The smallest absolute Gasteiger partial charge is 0.407 e. The van der Waals surface area contributed by atoms with E-state index in [9.17, 15) is 9.59 Å². The summed E-state index contributed by atoms with van der Waals surface area (Å²) in [6, 6.07) is 9.70. The van der Waals surface area contributed by atoms with Crippen molar-refractivity contribution in [3.05, 3.63) is 66.4 Å². The van der Waals surface area contributed by atoms with Gasteiger partial charge in [-0.1, -0.05) is 30.3 Å². The van der Waals surface area contributed by atoms with Crippen LogP contribution in [0.5, 0.6) is 0 Å². The number of amides is 2. The van der Waals surface area contributed by atoms with Gasteiger partial charge in [0.05, 0.1) is 12.4 Å². The number of carbonyl (C=O) groups is 2. The van der Waals surface area contributed by atoms with Crippen molar-refractivity contribution in [3.63, 3.8) is 0 Å². The Balaban J connectivity index is 1.74. The number of nitrogens with zero attached hydrogens (tertiary/aromatic N) is 4. The first-order valence-electron chi connectivity index (χ1n) is 9.40. The summed E-state index contributed by atoms with van der Waals surface area (Å²) in [5.74, 6) is -0.182. The molecular weight excluding hydrogens is 370 g/mol. The first kappa shape index (κ1) is 20.3. The van der Waals surface area contributed by atoms with Gasteiger partial charge in [0.15, 0.2) is 5.65 Å². The summed E-state index contributed by atoms with van der Waals surface area (Å²) in [6.07, 6.45) is 5.94. The molecule has 0 atom stereocenters. The molecule has 2 heterocycles. The number of benzene rings is 1. The fourth-order valence-electron chi connectivity index (χ4n) is 2.83. The van der Waals surface area contributed by atoms with Crippen LogP contribution in [0.15, 0.2) is 55.1 Å². The molecule has 1 N–H and O–H groups in total. The van der Waals surface area contributed by atoms with Crippen LogP contribution in [0.3, 0.4) is 0 Å². The van der Waals surface area contributed by atoms with E-state index in [2.05, 4.69) is 15.3 Å². The molecule has 8 heteroatoms. The number of hydrogen-bond acceptors (Lipinski definition) is 5. The van der Waals surface area contributed by atoms with E-state index in [1.165, 1.54) is 0 Å². The molecule has 0 aliphatic carbocycles. The molecule has 0 radical (unpaired) electrons. The molecule has 1 aromatic carbocycles. The molecule has 2 aromatic heterocycles. The van der Waals surface area contributed by atoms with Crippen LogP contribution in [0, 0.1) is 0 Å². The van der Waals surface area contributed by atoms with Crippen molar-refractivity contribution < 1.29 is 14.3 Å². The summed E-state index contributed by atoms with van der Waals surface area (Å²) < 4.78 is 6.96. The molecule has 8 nitrogen and oxygen atoms in total. The summed E-state index contributed by atoms with van der Waals surface area (Å²) >= 11 is 0. The van der Waals surface area contributed by atoms with Crippen molar-refractivity contribution in [1.82, 2.24) is 24.6 Å². The average molecular weight is 395 g/mol. The molecule has 3 rings (SSSR count). The van der Waals surface area contributed by atoms with Crippen LogP contribution in [0.25, 0.3) is 5.65 Å². The Morgan fingerprint density at radius 2 is 1.93 bits per heavy atom. The number of nitrogens with one attached hydrogen (secondary N) is 1. The summed E-state index contributed by atoms with van der Waals surface area (Å²) in [5, 5.41) is 2.71. The van der Waals surface area contributed by atoms with Crippen molar-refractivity contribution in [1.29, 1.82) is 0 Å². The standard InChI is InChI=1S/C21H25N5O3/c1-21(2,3)29-20(28)23-10-11-25(15-16-7-5-4-6-8-16)19(27)17-13-24-18-14-22-9-12-26(17)18/h4-9,12-14H,10-11,15H2,1-3H3,(H,23,28). The van der Waals surface area contributed by atoms with Crippen LogP contribution in [-0.4, -0.2) is 50.0 Å². The molecule has 0 aliphatic rings. The van der Waals surface area contributed by atoms with E-state index in [-0.39, 0.29) is 12.5 Å². The molecule has 152 valence electrons. The van der Waals surface area contributed by atoms with Gasteiger partial charge in [-0.2, -0.15) is 0 Å². The Labute approximate surface area is 169 Å². The highest BCUT2D eigenvalue weighted by Crippen LogP contribution is 2.12. The highest BCUT2D eigenvalue weighted by molar-refractivity contribution is 5.93. The maximum absolute atomic E-state index is 13.2. The van der Waals surface area contributed by atoms with Gasteiger partial charge in [-0.3, -0.25) is 14.2 Å².